The van der Waals surface area contributed by atoms with Crippen LogP contribution in [0.5, 0.6) is 0 Å². The van der Waals surface area contributed by atoms with Crippen molar-refractivity contribution in [2.24, 2.45) is 0 Å². The highest BCUT2D eigenvalue weighted by Crippen LogP contribution is 2.19. The Kier molecular flexibility index (Phi) is 3.14. The van der Waals surface area contributed by atoms with Gasteiger partial charge in [-0.2, -0.15) is 5.10 Å². The van der Waals surface area contributed by atoms with Crippen LogP contribution in [0.1, 0.15) is 18.3 Å². The van der Waals surface area contributed by atoms with Crippen molar-refractivity contribution in [3.63, 3.8) is 0 Å². The molecule has 0 saturated heterocycles. The van der Waals surface area contributed by atoms with Crippen LogP contribution in [0.25, 0.3) is 5.69 Å². The minimum absolute atomic E-state index is 0.0142. The summed E-state index contributed by atoms with van der Waals surface area (Å²) < 4.78 is 1.73. The Balaban J connectivity index is 2.40. The zero-order valence-corrected chi connectivity index (χ0v) is 11.0. The number of hydrogen-bond acceptors (Lipinski definition) is 3. The first-order valence-corrected chi connectivity index (χ1v) is 5.72. The zero-order valence-electron chi connectivity index (χ0n) is 11.0. The molecule has 0 fully saturated rings. The van der Waals surface area contributed by atoms with E-state index < -0.39 is 0 Å². The Morgan fingerprint density at radius 2 is 2.06 bits per heavy atom. The molecule has 2 heterocycles. The van der Waals surface area contributed by atoms with Crippen LogP contribution in [0.15, 0.2) is 24.5 Å². The second kappa shape index (κ2) is 4.60. The molecule has 1 amide bonds. The maximum absolute atomic E-state index is 11.4. The summed E-state index contributed by atoms with van der Waals surface area (Å²) in [7, 11) is 1.74. The van der Waals surface area contributed by atoms with Crippen molar-refractivity contribution < 1.29 is 4.79 Å². The number of aromatic nitrogens is 3. The number of nitrogens with zero attached hydrogens (tertiary/aromatic N) is 4. The van der Waals surface area contributed by atoms with Crippen LogP contribution in [0.4, 0.5) is 5.69 Å². The highest BCUT2D eigenvalue weighted by molar-refractivity contribution is 5.91. The van der Waals surface area contributed by atoms with E-state index in [1.54, 1.807) is 22.8 Å². The van der Waals surface area contributed by atoms with Gasteiger partial charge in [0, 0.05) is 19.7 Å². The maximum atomic E-state index is 11.4. The fourth-order valence-electron chi connectivity index (χ4n) is 1.68. The molecule has 94 valence electrons. The molecule has 0 radical (unpaired) electrons. The molecule has 2 aromatic rings. The lowest BCUT2D eigenvalue weighted by Crippen LogP contribution is -2.22. The van der Waals surface area contributed by atoms with Gasteiger partial charge in [-0.3, -0.25) is 9.78 Å². The van der Waals surface area contributed by atoms with E-state index in [0.29, 0.717) is 0 Å². The van der Waals surface area contributed by atoms with Gasteiger partial charge in [0.15, 0.2) is 0 Å². The molecular formula is C13H16N4O. The summed E-state index contributed by atoms with van der Waals surface area (Å²) in [5.74, 6) is -0.0142. The molecule has 18 heavy (non-hydrogen) atoms. The second-order valence-corrected chi connectivity index (χ2v) is 4.28. The lowest BCUT2D eigenvalue weighted by molar-refractivity contribution is -0.116. The van der Waals surface area contributed by atoms with Crippen LogP contribution in [-0.4, -0.2) is 27.7 Å². The fraction of sp³-hybridized carbons (Fsp3) is 0.308. The third-order valence-corrected chi connectivity index (χ3v) is 2.87. The van der Waals surface area contributed by atoms with Crippen molar-refractivity contribution in [2.75, 3.05) is 11.9 Å². The Bertz CT molecular complexity index is 571. The van der Waals surface area contributed by atoms with E-state index in [9.17, 15) is 4.79 Å². The maximum Gasteiger partial charge on any atom is 0.223 e. The normalized spacial score (nSPS) is 10.4. The molecule has 0 aliphatic rings. The van der Waals surface area contributed by atoms with Crippen LogP contribution in [0, 0.1) is 13.8 Å². The summed E-state index contributed by atoms with van der Waals surface area (Å²) in [6.45, 7) is 5.35. The standard InChI is InChI=1S/C13H16N4O/c1-9-5-6-12(7-14-9)17-8-13(10(2)15-17)16(4)11(3)18/h5-8H,1-4H3. The highest BCUT2D eigenvalue weighted by Gasteiger charge is 2.13. The average molecular weight is 244 g/mol. The molecule has 0 N–H and O–H groups in total. The lowest BCUT2D eigenvalue weighted by Gasteiger charge is -2.12. The molecule has 0 aromatic carbocycles. The summed E-state index contributed by atoms with van der Waals surface area (Å²) in [6, 6.07) is 3.88. The van der Waals surface area contributed by atoms with Crippen molar-refractivity contribution in [3.8, 4) is 5.69 Å². The van der Waals surface area contributed by atoms with Crippen molar-refractivity contribution in [1.29, 1.82) is 0 Å². The first kappa shape index (κ1) is 12.3. The Morgan fingerprint density at radius 3 is 2.61 bits per heavy atom. The highest BCUT2D eigenvalue weighted by atomic mass is 16.2. The van der Waals surface area contributed by atoms with Crippen LogP contribution < -0.4 is 4.90 Å². The number of rotatable bonds is 2. The van der Waals surface area contributed by atoms with Gasteiger partial charge >= 0.3 is 0 Å². The van der Waals surface area contributed by atoms with Gasteiger partial charge in [0.1, 0.15) is 0 Å². The van der Waals surface area contributed by atoms with Gasteiger partial charge in [-0.05, 0) is 26.0 Å². The first-order chi connectivity index (χ1) is 8.49. The minimum Gasteiger partial charge on any atom is -0.313 e. The molecule has 0 aliphatic carbocycles. The van der Waals surface area contributed by atoms with Crippen molar-refractivity contribution in [2.45, 2.75) is 20.8 Å². The van der Waals surface area contributed by atoms with E-state index in [0.717, 1.165) is 22.8 Å². The lowest BCUT2D eigenvalue weighted by atomic mass is 10.3. The number of pyridine rings is 1. The van der Waals surface area contributed by atoms with Gasteiger partial charge < -0.3 is 4.90 Å². The molecule has 0 bridgehead atoms. The predicted molar refractivity (Wildman–Crippen MR) is 69.9 cm³/mol. The summed E-state index contributed by atoms with van der Waals surface area (Å²) in [6.07, 6.45) is 3.60. The Labute approximate surface area is 106 Å². The van der Waals surface area contributed by atoms with Gasteiger partial charge in [0.2, 0.25) is 5.91 Å². The SMILES string of the molecule is CC(=O)N(C)c1cn(-c2ccc(C)nc2)nc1C. The van der Waals surface area contributed by atoms with E-state index in [-0.39, 0.29) is 5.91 Å². The summed E-state index contributed by atoms with van der Waals surface area (Å²) >= 11 is 0. The number of carbonyl (C=O) groups excluding carboxylic acids is 1. The molecular weight excluding hydrogens is 228 g/mol. The summed E-state index contributed by atoms with van der Waals surface area (Å²) in [4.78, 5) is 17.2. The number of amides is 1. The van der Waals surface area contributed by atoms with Crippen LogP contribution in [-0.2, 0) is 4.79 Å². The average Bonchev–Trinajstić information content (AvgIpc) is 2.71. The fourth-order valence-corrected chi connectivity index (χ4v) is 1.68. The minimum atomic E-state index is -0.0142. The van der Waals surface area contributed by atoms with Gasteiger partial charge in [-0.15, -0.1) is 0 Å². The van der Waals surface area contributed by atoms with E-state index in [1.807, 2.05) is 32.2 Å². The van der Waals surface area contributed by atoms with Crippen molar-refractivity contribution in [1.82, 2.24) is 14.8 Å². The third kappa shape index (κ3) is 2.25. The third-order valence-electron chi connectivity index (χ3n) is 2.87. The molecule has 5 nitrogen and oxygen atoms in total. The summed E-state index contributed by atoms with van der Waals surface area (Å²) in [5, 5.41) is 4.40. The van der Waals surface area contributed by atoms with Crippen molar-refractivity contribution >= 4 is 11.6 Å². The molecule has 0 atom stereocenters. The topological polar surface area (TPSA) is 51.0 Å². The molecule has 2 aromatic heterocycles. The van der Waals surface area contributed by atoms with E-state index in [4.69, 9.17) is 0 Å². The number of carbonyl (C=O) groups is 1. The van der Waals surface area contributed by atoms with Gasteiger partial charge in [-0.1, -0.05) is 0 Å². The Hall–Kier alpha value is -2.17. The first-order valence-electron chi connectivity index (χ1n) is 5.72. The molecule has 0 spiro atoms. The van der Waals surface area contributed by atoms with Crippen LogP contribution >= 0.6 is 0 Å². The number of anilines is 1. The number of aryl methyl sites for hydroxylation is 2. The largest absolute Gasteiger partial charge is 0.313 e. The Morgan fingerprint density at radius 1 is 1.33 bits per heavy atom. The molecule has 2 rings (SSSR count). The monoisotopic (exact) mass is 244 g/mol. The zero-order chi connectivity index (χ0) is 13.3. The summed E-state index contributed by atoms with van der Waals surface area (Å²) in [5.41, 5.74) is 3.46. The van der Waals surface area contributed by atoms with Gasteiger partial charge in [-0.25, -0.2) is 4.68 Å². The van der Waals surface area contributed by atoms with E-state index in [1.165, 1.54) is 6.92 Å². The van der Waals surface area contributed by atoms with E-state index in [2.05, 4.69) is 10.1 Å². The smallest absolute Gasteiger partial charge is 0.223 e. The molecule has 5 heteroatoms. The van der Waals surface area contributed by atoms with Gasteiger partial charge in [0.05, 0.1) is 29.5 Å². The van der Waals surface area contributed by atoms with Crippen LogP contribution in [0.3, 0.4) is 0 Å². The molecule has 0 saturated carbocycles. The predicted octanol–water partition coefficient (Wildman–Crippen LogP) is 1.87. The van der Waals surface area contributed by atoms with Crippen molar-refractivity contribution in [3.05, 3.63) is 35.9 Å². The van der Waals surface area contributed by atoms with Gasteiger partial charge in [0.25, 0.3) is 0 Å². The second-order valence-electron chi connectivity index (χ2n) is 4.28. The molecule has 0 aliphatic heterocycles. The number of hydrogen-bond donors (Lipinski definition) is 0. The molecule has 0 unspecified atom stereocenters. The van der Waals surface area contributed by atoms with E-state index >= 15 is 0 Å². The quantitative estimate of drug-likeness (QED) is 0.810. The van der Waals surface area contributed by atoms with Crippen LogP contribution in [0.2, 0.25) is 0 Å².